The molecule has 2 aliphatic rings. The molecule has 130 valence electrons. The van der Waals surface area contributed by atoms with E-state index >= 15 is 0 Å². The van der Waals surface area contributed by atoms with Crippen LogP contribution in [-0.2, 0) is 16.6 Å². The van der Waals surface area contributed by atoms with E-state index < -0.39 is 10.8 Å². The number of nitrogens with zero attached hydrogens (tertiary/aromatic N) is 4. The molecule has 0 bridgehead atoms. The molecule has 0 unspecified atom stereocenters. The van der Waals surface area contributed by atoms with E-state index in [0.717, 1.165) is 0 Å². The number of hydrogen-bond donors (Lipinski definition) is 1. The fourth-order valence-corrected chi connectivity index (χ4v) is 3.41. The van der Waals surface area contributed by atoms with E-state index in [2.05, 4.69) is 5.10 Å². The van der Waals surface area contributed by atoms with Crippen molar-refractivity contribution >= 4 is 11.6 Å². The van der Waals surface area contributed by atoms with E-state index in [1.165, 1.54) is 17.8 Å². The third-order valence-corrected chi connectivity index (χ3v) is 4.46. The molecule has 3 rings (SSSR count). The predicted octanol–water partition coefficient (Wildman–Crippen LogP) is 1.78. The zero-order valence-corrected chi connectivity index (χ0v) is 14.1. The maximum absolute atomic E-state index is 12.8. The van der Waals surface area contributed by atoms with E-state index in [1.54, 1.807) is 0 Å². The second kappa shape index (κ2) is 5.44. The summed E-state index contributed by atoms with van der Waals surface area (Å²) in [6.07, 6.45) is 0.786. The molecule has 9 heteroatoms. The number of nitriles is 1. The molecular formula is C16H17N5O4. The molecule has 0 fully saturated rings. The molecule has 0 saturated carbocycles. The minimum absolute atomic E-state index is 0.0599. The van der Waals surface area contributed by atoms with Crippen molar-refractivity contribution in [2.75, 3.05) is 0 Å². The highest BCUT2D eigenvalue weighted by atomic mass is 16.6. The first-order valence-electron chi connectivity index (χ1n) is 7.67. The van der Waals surface area contributed by atoms with Crippen molar-refractivity contribution in [1.82, 2.24) is 9.78 Å². The van der Waals surface area contributed by atoms with Gasteiger partial charge in [0, 0.05) is 18.4 Å². The first-order valence-corrected chi connectivity index (χ1v) is 7.67. The summed E-state index contributed by atoms with van der Waals surface area (Å²) < 4.78 is 6.88. The minimum atomic E-state index is -0.816. The first-order chi connectivity index (χ1) is 11.6. The molecule has 1 aliphatic carbocycles. The predicted molar refractivity (Wildman–Crippen MR) is 85.6 cm³/mol. The van der Waals surface area contributed by atoms with E-state index in [-0.39, 0.29) is 28.5 Å². The summed E-state index contributed by atoms with van der Waals surface area (Å²) in [4.78, 5) is 23.2. The lowest BCUT2D eigenvalue weighted by Crippen LogP contribution is -2.34. The second-order valence-corrected chi connectivity index (χ2v) is 7.01. The number of hydrogen-bond acceptors (Lipinski definition) is 7. The molecule has 25 heavy (non-hydrogen) atoms. The van der Waals surface area contributed by atoms with Crippen molar-refractivity contribution in [3.63, 3.8) is 0 Å². The molecule has 1 atom stereocenters. The maximum Gasteiger partial charge on any atom is 0.390 e. The molecule has 0 radical (unpaired) electrons. The minimum Gasteiger partial charge on any atom is -0.444 e. The summed E-state index contributed by atoms with van der Waals surface area (Å²) in [5, 5.41) is 24.4. The highest BCUT2D eigenvalue weighted by Gasteiger charge is 2.44. The van der Waals surface area contributed by atoms with Gasteiger partial charge in [-0.2, -0.15) is 9.94 Å². The standard InChI is InChI=1S/C16H17N5O4/c1-16(2)5-10(22)14-11(6-16)25-15(18)8(7-17)13(14)9-4-12(21(23)24)19-20(9)3/h4,13H,5-6,18H2,1-3H3/t13-/m0/s1. The Balaban J connectivity index is 2.21. The Morgan fingerprint density at radius 2 is 2.20 bits per heavy atom. The third-order valence-electron chi connectivity index (χ3n) is 4.46. The number of carbonyl (C=O) groups is 1. The largest absolute Gasteiger partial charge is 0.444 e. The SMILES string of the molecule is Cn1nc([N+](=O)[O-])cc1[C@@H]1C(C#N)=C(N)OC2=C1C(=O)CC(C)(C)C2. The molecule has 2 heterocycles. The molecule has 0 amide bonds. The van der Waals surface area contributed by atoms with Crippen LogP contribution in [0.15, 0.2) is 28.9 Å². The van der Waals surface area contributed by atoms with Crippen LogP contribution in [0.3, 0.4) is 0 Å². The van der Waals surface area contributed by atoms with Gasteiger partial charge in [-0.1, -0.05) is 13.8 Å². The van der Waals surface area contributed by atoms with Gasteiger partial charge in [0.05, 0.1) is 29.8 Å². The van der Waals surface area contributed by atoms with Crippen LogP contribution in [0, 0.1) is 26.9 Å². The van der Waals surface area contributed by atoms with E-state index in [4.69, 9.17) is 10.5 Å². The molecular weight excluding hydrogens is 326 g/mol. The Kier molecular flexibility index (Phi) is 3.64. The number of Topliss-reactive ketones (excluding diaryl/α,β-unsaturated/α-hetero) is 1. The van der Waals surface area contributed by atoms with Crippen molar-refractivity contribution in [1.29, 1.82) is 5.26 Å². The molecule has 2 N–H and O–H groups in total. The fraction of sp³-hybridized carbons (Fsp3) is 0.438. The Morgan fingerprint density at radius 3 is 2.76 bits per heavy atom. The van der Waals surface area contributed by atoms with Crippen molar-refractivity contribution < 1.29 is 14.5 Å². The summed E-state index contributed by atoms with van der Waals surface area (Å²) in [5.41, 5.74) is 6.37. The number of ketones is 1. The van der Waals surface area contributed by atoms with Crippen LogP contribution in [-0.4, -0.2) is 20.5 Å². The van der Waals surface area contributed by atoms with Gasteiger partial charge in [0.2, 0.25) is 5.88 Å². The number of rotatable bonds is 2. The summed E-state index contributed by atoms with van der Waals surface area (Å²) in [6.45, 7) is 3.89. The number of nitro groups is 1. The van der Waals surface area contributed by atoms with Gasteiger partial charge in [-0.25, -0.2) is 0 Å². The Bertz CT molecular complexity index is 900. The Labute approximate surface area is 143 Å². The van der Waals surface area contributed by atoms with Crippen LogP contribution >= 0.6 is 0 Å². The van der Waals surface area contributed by atoms with Crippen LogP contribution in [0.25, 0.3) is 0 Å². The van der Waals surface area contributed by atoms with Crippen molar-refractivity contribution in [2.45, 2.75) is 32.6 Å². The summed E-state index contributed by atoms with van der Waals surface area (Å²) >= 11 is 0. The van der Waals surface area contributed by atoms with Gasteiger partial charge >= 0.3 is 5.82 Å². The monoisotopic (exact) mass is 343 g/mol. The fourth-order valence-electron chi connectivity index (χ4n) is 3.41. The maximum atomic E-state index is 12.8. The highest BCUT2D eigenvalue weighted by molar-refractivity contribution is 5.99. The zero-order valence-electron chi connectivity index (χ0n) is 14.1. The third kappa shape index (κ3) is 2.65. The zero-order chi connectivity index (χ0) is 18.5. The van der Waals surface area contributed by atoms with Gasteiger partial charge in [-0.15, -0.1) is 0 Å². The average molecular weight is 343 g/mol. The van der Waals surface area contributed by atoms with Crippen molar-refractivity contribution in [2.24, 2.45) is 18.2 Å². The molecule has 9 nitrogen and oxygen atoms in total. The van der Waals surface area contributed by atoms with Crippen LogP contribution in [0.1, 0.15) is 38.3 Å². The summed E-state index contributed by atoms with van der Waals surface area (Å²) in [7, 11) is 1.53. The molecule has 1 aliphatic heterocycles. The lowest BCUT2D eigenvalue weighted by atomic mass is 9.71. The molecule has 1 aromatic heterocycles. The van der Waals surface area contributed by atoms with Gasteiger partial charge in [-0.3, -0.25) is 4.79 Å². The number of carbonyl (C=O) groups excluding carboxylic acids is 1. The smallest absolute Gasteiger partial charge is 0.390 e. The lowest BCUT2D eigenvalue weighted by molar-refractivity contribution is -0.389. The van der Waals surface area contributed by atoms with E-state index in [9.17, 15) is 20.2 Å². The van der Waals surface area contributed by atoms with Crippen LogP contribution in [0.5, 0.6) is 0 Å². The van der Waals surface area contributed by atoms with Crippen molar-refractivity contribution in [3.05, 3.63) is 44.7 Å². The topological polar surface area (TPSA) is 137 Å². The number of nitrogens with two attached hydrogens (primary N) is 1. The van der Waals surface area contributed by atoms with Crippen LogP contribution < -0.4 is 5.73 Å². The molecule has 0 aromatic carbocycles. The quantitative estimate of drug-likeness (QED) is 0.638. The Morgan fingerprint density at radius 1 is 1.52 bits per heavy atom. The molecule has 0 spiro atoms. The summed E-state index contributed by atoms with van der Waals surface area (Å²) in [5.74, 6) is -0.985. The number of ether oxygens (including phenoxy) is 1. The van der Waals surface area contributed by atoms with Crippen LogP contribution in [0.2, 0.25) is 0 Å². The van der Waals surface area contributed by atoms with Gasteiger partial charge in [0.25, 0.3) is 0 Å². The molecule has 0 saturated heterocycles. The van der Waals surface area contributed by atoms with Gasteiger partial charge < -0.3 is 20.6 Å². The number of aryl methyl sites for hydroxylation is 1. The molecule has 1 aromatic rings. The second-order valence-electron chi connectivity index (χ2n) is 7.01. The summed E-state index contributed by atoms with van der Waals surface area (Å²) in [6, 6.07) is 3.24. The lowest BCUT2D eigenvalue weighted by Gasteiger charge is -2.36. The highest BCUT2D eigenvalue weighted by Crippen LogP contribution is 2.48. The van der Waals surface area contributed by atoms with Crippen LogP contribution in [0.4, 0.5) is 5.82 Å². The first kappa shape index (κ1) is 16.7. The Hall–Kier alpha value is -3.15. The normalized spacial score (nSPS) is 22.3. The van der Waals surface area contributed by atoms with E-state index in [0.29, 0.717) is 29.9 Å². The number of allylic oxidation sites excluding steroid dienone is 3. The average Bonchev–Trinajstić information content (AvgIpc) is 2.86. The van der Waals surface area contributed by atoms with Gasteiger partial charge in [0.1, 0.15) is 17.4 Å². The van der Waals surface area contributed by atoms with E-state index in [1.807, 2.05) is 19.9 Å². The van der Waals surface area contributed by atoms with Gasteiger partial charge in [0.15, 0.2) is 5.78 Å². The van der Waals surface area contributed by atoms with Crippen molar-refractivity contribution in [3.8, 4) is 6.07 Å². The number of aromatic nitrogens is 2. The van der Waals surface area contributed by atoms with Gasteiger partial charge in [-0.05, 0) is 10.3 Å².